The van der Waals surface area contributed by atoms with Crippen LogP contribution in [0.1, 0.15) is 38.2 Å². The largest absolute Gasteiger partial charge is 0.335 e. The smallest absolute Gasteiger partial charge is 0.325 e. The summed E-state index contributed by atoms with van der Waals surface area (Å²) in [7, 11) is 0. The highest BCUT2D eigenvalue weighted by molar-refractivity contribution is 6.30. The monoisotopic (exact) mass is 392 g/mol. The third-order valence-corrected chi connectivity index (χ3v) is 5.19. The number of halogens is 1. The topological polar surface area (TPSA) is 108 Å². The van der Waals surface area contributed by atoms with Gasteiger partial charge in [-0.05, 0) is 37.5 Å². The summed E-state index contributed by atoms with van der Waals surface area (Å²) in [5, 5.41) is 7.99. The molecule has 1 aliphatic carbocycles. The van der Waals surface area contributed by atoms with Crippen molar-refractivity contribution in [3.05, 3.63) is 34.9 Å². The second kappa shape index (κ2) is 7.56. The van der Waals surface area contributed by atoms with E-state index in [2.05, 4.69) is 16.0 Å². The van der Waals surface area contributed by atoms with Crippen LogP contribution in [0.3, 0.4) is 0 Å². The minimum absolute atomic E-state index is 0.0581. The highest BCUT2D eigenvalue weighted by atomic mass is 35.5. The van der Waals surface area contributed by atoms with E-state index in [1.54, 1.807) is 31.2 Å². The highest BCUT2D eigenvalue weighted by Crippen LogP contribution is 2.29. The number of urea groups is 2. The Morgan fingerprint density at radius 2 is 1.85 bits per heavy atom. The Kier molecular flexibility index (Phi) is 5.36. The van der Waals surface area contributed by atoms with Crippen LogP contribution in [0.25, 0.3) is 0 Å². The van der Waals surface area contributed by atoms with Gasteiger partial charge in [-0.3, -0.25) is 19.8 Å². The maximum Gasteiger partial charge on any atom is 0.325 e. The molecule has 144 valence electrons. The van der Waals surface area contributed by atoms with Gasteiger partial charge in [0.2, 0.25) is 5.91 Å². The fourth-order valence-electron chi connectivity index (χ4n) is 3.42. The normalized spacial score (nSPS) is 22.7. The SMILES string of the molecule is C[C@@]1(c2ccc(Cl)cc2)NC(=O)N(CC(=O)NC(=O)NC2CCCC2)C1=O. The lowest BCUT2D eigenvalue weighted by molar-refractivity contribution is -0.134. The molecule has 0 radical (unpaired) electrons. The molecule has 9 heteroatoms. The van der Waals surface area contributed by atoms with Gasteiger partial charge in [-0.15, -0.1) is 0 Å². The Balaban J connectivity index is 1.62. The van der Waals surface area contributed by atoms with Gasteiger partial charge in [-0.2, -0.15) is 0 Å². The molecule has 27 heavy (non-hydrogen) atoms. The van der Waals surface area contributed by atoms with Crippen LogP contribution in [0.4, 0.5) is 9.59 Å². The van der Waals surface area contributed by atoms with E-state index in [1.165, 1.54) is 0 Å². The van der Waals surface area contributed by atoms with E-state index in [0.717, 1.165) is 30.6 Å². The van der Waals surface area contributed by atoms with E-state index in [1.807, 2.05) is 0 Å². The molecule has 6 amide bonds. The van der Waals surface area contributed by atoms with Crippen LogP contribution in [0, 0.1) is 0 Å². The maximum absolute atomic E-state index is 12.8. The average molecular weight is 393 g/mol. The predicted octanol–water partition coefficient (Wildman–Crippen LogP) is 1.88. The molecule has 8 nitrogen and oxygen atoms in total. The van der Waals surface area contributed by atoms with Crippen molar-refractivity contribution in [3.8, 4) is 0 Å². The predicted molar refractivity (Wildman–Crippen MR) is 98.0 cm³/mol. The molecule has 1 saturated heterocycles. The quantitative estimate of drug-likeness (QED) is 0.680. The lowest BCUT2D eigenvalue weighted by Crippen LogP contribution is -2.48. The molecule has 1 aromatic carbocycles. The standard InChI is InChI=1S/C18H21ClN4O4/c1-18(11-6-8-12(19)9-7-11)15(25)23(17(27)22-18)10-14(24)21-16(26)20-13-4-2-3-5-13/h6-9,13H,2-5,10H2,1H3,(H,22,27)(H2,20,21,24,26)/t18-/m0/s1. The van der Waals surface area contributed by atoms with Crippen molar-refractivity contribution in [2.45, 2.75) is 44.2 Å². The molecule has 0 aromatic heterocycles. The Labute approximate surface area is 161 Å². The van der Waals surface area contributed by atoms with Gasteiger partial charge in [0.1, 0.15) is 12.1 Å². The third kappa shape index (κ3) is 4.05. The number of hydrogen-bond donors (Lipinski definition) is 3. The van der Waals surface area contributed by atoms with Crippen LogP contribution < -0.4 is 16.0 Å². The zero-order valence-electron chi connectivity index (χ0n) is 14.9. The summed E-state index contributed by atoms with van der Waals surface area (Å²) in [5.74, 6) is -1.30. The zero-order chi connectivity index (χ0) is 19.6. The van der Waals surface area contributed by atoms with Crippen molar-refractivity contribution in [3.63, 3.8) is 0 Å². The minimum Gasteiger partial charge on any atom is -0.335 e. The van der Waals surface area contributed by atoms with Crippen molar-refractivity contribution in [2.75, 3.05) is 6.54 Å². The molecular weight excluding hydrogens is 372 g/mol. The van der Waals surface area contributed by atoms with E-state index < -0.39 is 36.0 Å². The Hall–Kier alpha value is -2.61. The molecule has 3 N–H and O–H groups in total. The van der Waals surface area contributed by atoms with Crippen LogP contribution >= 0.6 is 11.6 Å². The Morgan fingerprint density at radius 3 is 2.48 bits per heavy atom. The van der Waals surface area contributed by atoms with Gasteiger partial charge in [-0.1, -0.05) is 36.6 Å². The lowest BCUT2D eigenvalue weighted by Gasteiger charge is -2.22. The summed E-state index contributed by atoms with van der Waals surface area (Å²) in [6.07, 6.45) is 3.86. The number of imide groups is 2. The van der Waals surface area contributed by atoms with Crippen molar-refractivity contribution in [1.82, 2.24) is 20.9 Å². The van der Waals surface area contributed by atoms with Gasteiger partial charge in [0.15, 0.2) is 0 Å². The van der Waals surface area contributed by atoms with Crippen LogP contribution in [-0.2, 0) is 15.1 Å². The first-order valence-corrected chi connectivity index (χ1v) is 9.18. The number of benzene rings is 1. The summed E-state index contributed by atoms with van der Waals surface area (Å²) >= 11 is 5.86. The van der Waals surface area contributed by atoms with Gasteiger partial charge >= 0.3 is 12.1 Å². The van der Waals surface area contributed by atoms with Gasteiger partial charge in [0, 0.05) is 11.1 Å². The summed E-state index contributed by atoms with van der Waals surface area (Å²) in [5.41, 5.74) is -0.749. The summed E-state index contributed by atoms with van der Waals surface area (Å²) < 4.78 is 0. The van der Waals surface area contributed by atoms with Crippen LogP contribution in [0.2, 0.25) is 5.02 Å². The third-order valence-electron chi connectivity index (χ3n) is 4.94. The Morgan fingerprint density at radius 1 is 1.22 bits per heavy atom. The molecule has 1 aliphatic heterocycles. The molecule has 1 saturated carbocycles. The zero-order valence-corrected chi connectivity index (χ0v) is 15.6. The van der Waals surface area contributed by atoms with Crippen LogP contribution in [0.5, 0.6) is 0 Å². The number of carbonyl (C=O) groups excluding carboxylic acids is 4. The molecular formula is C18H21ClN4O4. The van der Waals surface area contributed by atoms with Crippen molar-refractivity contribution in [2.24, 2.45) is 0 Å². The van der Waals surface area contributed by atoms with Crippen molar-refractivity contribution in [1.29, 1.82) is 0 Å². The van der Waals surface area contributed by atoms with Gasteiger partial charge < -0.3 is 10.6 Å². The molecule has 0 spiro atoms. The first-order chi connectivity index (χ1) is 12.8. The minimum atomic E-state index is -1.30. The second-order valence-corrected chi connectivity index (χ2v) is 7.39. The average Bonchev–Trinajstić information content (AvgIpc) is 3.18. The van der Waals surface area contributed by atoms with E-state index in [4.69, 9.17) is 11.6 Å². The van der Waals surface area contributed by atoms with Gasteiger partial charge in [0.25, 0.3) is 5.91 Å². The number of amides is 6. The summed E-state index contributed by atoms with van der Waals surface area (Å²) in [4.78, 5) is 49.7. The Bertz CT molecular complexity index is 776. The molecule has 0 unspecified atom stereocenters. The molecule has 2 fully saturated rings. The fraction of sp³-hybridized carbons (Fsp3) is 0.444. The number of nitrogens with one attached hydrogen (secondary N) is 3. The summed E-state index contributed by atoms with van der Waals surface area (Å²) in [6, 6.07) is 5.26. The van der Waals surface area contributed by atoms with E-state index in [9.17, 15) is 19.2 Å². The molecule has 0 bridgehead atoms. The first-order valence-electron chi connectivity index (χ1n) is 8.80. The highest BCUT2D eigenvalue weighted by Gasteiger charge is 2.49. The van der Waals surface area contributed by atoms with Crippen LogP contribution in [0.15, 0.2) is 24.3 Å². The number of rotatable bonds is 4. The van der Waals surface area contributed by atoms with Gasteiger partial charge in [0.05, 0.1) is 0 Å². The van der Waals surface area contributed by atoms with E-state index >= 15 is 0 Å². The molecule has 1 heterocycles. The van der Waals surface area contributed by atoms with E-state index in [0.29, 0.717) is 10.6 Å². The molecule has 1 aromatic rings. The lowest BCUT2D eigenvalue weighted by atomic mass is 9.92. The first kappa shape index (κ1) is 19.2. The van der Waals surface area contributed by atoms with Gasteiger partial charge in [-0.25, -0.2) is 9.59 Å². The fourth-order valence-corrected chi connectivity index (χ4v) is 3.55. The number of hydrogen-bond acceptors (Lipinski definition) is 4. The molecule has 1 atom stereocenters. The van der Waals surface area contributed by atoms with E-state index in [-0.39, 0.29) is 6.04 Å². The van der Waals surface area contributed by atoms with Crippen molar-refractivity contribution < 1.29 is 19.2 Å². The summed E-state index contributed by atoms with van der Waals surface area (Å²) in [6.45, 7) is 1.02. The number of nitrogens with zero attached hydrogens (tertiary/aromatic N) is 1. The number of carbonyl (C=O) groups is 4. The van der Waals surface area contributed by atoms with Crippen LogP contribution in [-0.4, -0.2) is 41.4 Å². The molecule has 3 rings (SSSR count). The van der Waals surface area contributed by atoms with Crippen molar-refractivity contribution >= 4 is 35.5 Å². The maximum atomic E-state index is 12.8. The second-order valence-electron chi connectivity index (χ2n) is 6.96. The molecule has 2 aliphatic rings.